The highest BCUT2D eigenvalue weighted by atomic mass is 32.2. The number of pyridine rings is 1. The van der Waals surface area contributed by atoms with E-state index in [0.717, 1.165) is 12.1 Å². The summed E-state index contributed by atoms with van der Waals surface area (Å²) >= 11 is 1.31. The first-order chi connectivity index (χ1) is 18.0. The van der Waals surface area contributed by atoms with Crippen molar-refractivity contribution < 1.29 is 32.9 Å². The van der Waals surface area contributed by atoms with Crippen molar-refractivity contribution in [3.05, 3.63) is 80.8 Å². The molecule has 190 valence electrons. The van der Waals surface area contributed by atoms with E-state index in [9.17, 15) is 19.1 Å². The number of aromatic hydroxyl groups is 1. The van der Waals surface area contributed by atoms with Crippen LogP contribution in [0.4, 0.5) is 8.78 Å². The lowest BCUT2D eigenvalue weighted by Gasteiger charge is -2.51. The Bertz CT molecular complexity index is 1550. The van der Waals surface area contributed by atoms with Crippen molar-refractivity contribution in [3.8, 4) is 17.2 Å². The molecule has 3 aromatic rings. The zero-order valence-electron chi connectivity index (χ0n) is 19.1. The fourth-order valence-electron chi connectivity index (χ4n) is 5.47. The van der Waals surface area contributed by atoms with E-state index in [-0.39, 0.29) is 43.6 Å². The van der Waals surface area contributed by atoms with Crippen molar-refractivity contribution >= 4 is 17.7 Å². The van der Waals surface area contributed by atoms with E-state index in [0.29, 0.717) is 27.5 Å². The van der Waals surface area contributed by atoms with Crippen molar-refractivity contribution in [1.29, 1.82) is 0 Å². The highest BCUT2D eigenvalue weighted by molar-refractivity contribution is 7.98. The van der Waals surface area contributed by atoms with Crippen LogP contribution in [0.15, 0.2) is 46.2 Å². The largest absolute Gasteiger partial charge is 0.502 e. The number of carbonyl (C=O) groups excluding carboxylic acids is 1. The van der Waals surface area contributed by atoms with Crippen LogP contribution in [0.2, 0.25) is 0 Å². The van der Waals surface area contributed by atoms with Gasteiger partial charge in [0.25, 0.3) is 5.91 Å². The van der Waals surface area contributed by atoms with E-state index < -0.39 is 40.9 Å². The van der Waals surface area contributed by atoms with E-state index in [1.165, 1.54) is 33.6 Å². The predicted molar refractivity (Wildman–Crippen MR) is 127 cm³/mol. The minimum atomic E-state index is -0.966. The third kappa shape index (κ3) is 3.12. The third-order valence-electron chi connectivity index (χ3n) is 7.15. The molecule has 0 aliphatic carbocycles. The van der Waals surface area contributed by atoms with Crippen LogP contribution in [0.5, 0.6) is 17.2 Å². The van der Waals surface area contributed by atoms with Gasteiger partial charge in [-0.3, -0.25) is 19.3 Å². The van der Waals surface area contributed by atoms with Gasteiger partial charge in [0.05, 0.1) is 24.2 Å². The molecule has 1 fully saturated rings. The molecule has 1 aromatic heterocycles. The number of ether oxygens (including phenoxy) is 3. The van der Waals surface area contributed by atoms with E-state index in [1.807, 2.05) is 6.07 Å². The molecule has 37 heavy (non-hydrogen) atoms. The molecule has 4 aliphatic rings. The van der Waals surface area contributed by atoms with Gasteiger partial charge in [0.2, 0.25) is 12.2 Å². The topological polar surface area (TPSA) is 93.5 Å². The maximum Gasteiger partial charge on any atom is 0.278 e. The van der Waals surface area contributed by atoms with E-state index in [4.69, 9.17) is 14.2 Å². The Kier molecular flexibility index (Phi) is 4.92. The Balaban J connectivity index is 1.55. The number of hydrogen-bond acceptors (Lipinski definition) is 8. The predicted octanol–water partition coefficient (Wildman–Crippen LogP) is 2.71. The van der Waals surface area contributed by atoms with Crippen LogP contribution in [0.1, 0.15) is 33.2 Å². The summed E-state index contributed by atoms with van der Waals surface area (Å²) in [6.07, 6.45) is 0.744. The zero-order valence-corrected chi connectivity index (χ0v) is 20.0. The Labute approximate surface area is 212 Å². The fraction of sp³-hybridized carbons (Fsp3) is 0.280. The molecule has 12 heteroatoms. The summed E-state index contributed by atoms with van der Waals surface area (Å²) in [5, 5.41) is 12.5. The van der Waals surface area contributed by atoms with Gasteiger partial charge in [-0.1, -0.05) is 12.1 Å². The van der Waals surface area contributed by atoms with Gasteiger partial charge in [-0.2, -0.15) is 0 Å². The normalized spacial score (nSPS) is 21.6. The molecule has 7 rings (SSSR count). The standard InChI is InChI=1S/C25H19F2N3O6S/c26-15-3-1-12-14(19(15)27)10-37-24-13(2-4-17-23(24)36-11-35-17)20(12)30-18-9-34-8-7-28(18)25(33)21-22(32)16(31)5-6-29(21)30/h1-6,18,20,32H,7-11H2/t18-,20?/m1/s1. The smallest absolute Gasteiger partial charge is 0.278 e. The molecular formula is C25H19F2N3O6S. The molecule has 5 heterocycles. The number of benzene rings is 2. The van der Waals surface area contributed by atoms with Gasteiger partial charge in [-0.15, -0.1) is 11.8 Å². The van der Waals surface area contributed by atoms with Gasteiger partial charge >= 0.3 is 0 Å². The highest BCUT2D eigenvalue weighted by Gasteiger charge is 2.46. The first-order valence-electron chi connectivity index (χ1n) is 11.6. The molecule has 1 saturated heterocycles. The molecule has 2 atom stereocenters. The van der Waals surface area contributed by atoms with Crippen LogP contribution in [-0.2, 0) is 10.5 Å². The lowest BCUT2D eigenvalue weighted by molar-refractivity contribution is -0.0198. The molecule has 2 aromatic carbocycles. The summed E-state index contributed by atoms with van der Waals surface area (Å²) in [4.78, 5) is 28.0. The van der Waals surface area contributed by atoms with E-state index in [2.05, 4.69) is 0 Å². The Morgan fingerprint density at radius 1 is 1.05 bits per heavy atom. The summed E-state index contributed by atoms with van der Waals surface area (Å²) in [5.74, 6) is -1.94. The van der Waals surface area contributed by atoms with Crippen LogP contribution in [0.25, 0.3) is 0 Å². The van der Waals surface area contributed by atoms with Crippen molar-refractivity contribution in [2.45, 2.75) is 22.9 Å². The number of morpholine rings is 1. The second-order valence-corrected chi connectivity index (χ2v) is 9.98. The molecule has 0 saturated carbocycles. The number of carbonyl (C=O) groups is 1. The lowest BCUT2D eigenvalue weighted by atomic mass is 9.92. The fourth-order valence-corrected chi connectivity index (χ4v) is 6.68. The molecule has 9 nitrogen and oxygen atoms in total. The first-order valence-corrected chi connectivity index (χ1v) is 12.6. The minimum absolute atomic E-state index is 0.0349. The van der Waals surface area contributed by atoms with E-state index in [1.54, 1.807) is 11.1 Å². The number of halogens is 2. The second-order valence-electron chi connectivity index (χ2n) is 8.99. The number of thioether (sulfide) groups is 1. The van der Waals surface area contributed by atoms with Crippen LogP contribution < -0.4 is 19.9 Å². The van der Waals surface area contributed by atoms with Gasteiger partial charge in [0.1, 0.15) is 6.17 Å². The number of aromatic nitrogens is 1. The average molecular weight is 528 g/mol. The van der Waals surface area contributed by atoms with Gasteiger partial charge in [-0.25, -0.2) is 8.78 Å². The molecule has 4 aliphatic heterocycles. The summed E-state index contributed by atoms with van der Waals surface area (Å²) in [6, 6.07) is 6.60. The third-order valence-corrected chi connectivity index (χ3v) is 8.29. The van der Waals surface area contributed by atoms with Crippen LogP contribution in [0.3, 0.4) is 0 Å². The summed E-state index contributed by atoms with van der Waals surface area (Å²) < 4.78 is 48.2. The maximum atomic E-state index is 15.3. The average Bonchev–Trinajstić information content (AvgIpc) is 3.32. The molecule has 1 unspecified atom stereocenters. The van der Waals surface area contributed by atoms with Crippen LogP contribution in [0, 0.1) is 11.6 Å². The summed E-state index contributed by atoms with van der Waals surface area (Å²) in [7, 11) is 0. The molecule has 1 N–H and O–H groups in total. The van der Waals surface area contributed by atoms with Gasteiger partial charge in [0, 0.05) is 30.1 Å². The number of amides is 1. The SMILES string of the molecule is O=C1c2c(O)c(=O)ccn2N(C2c3ccc(F)c(F)c3CSc3c2ccc2c3OCO2)[C@@H]2COCCN12. The van der Waals surface area contributed by atoms with Crippen molar-refractivity contribution in [2.24, 2.45) is 0 Å². The molecule has 0 spiro atoms. The highest BCUT2D eigenvalue weighted by Crippen LogP contribution is 2.51. The number of hydrogen-bond donors (Lipinski definition) is 1. The van der Waals surface area contributed by atoms with Gasteiger partial charge in [-0.05, 0) is 23.3 Å². The second kappa shape index (κ2) is 8.12. The Morgan fingerprint density at radius 3 is 2.76 bits per heavy atom. The van der Waals surface area contributed by atoms with Crippen LogP contribution in [-0.4, -0.2) is 53.3 Å². The molecular weight excluding hydrogens is 508 g/mol. The summed E-state index contributed by atoms with van der Waals surface area (Å²) in [5.41, 5.74) is 0.468. The molecule has 1 amide bonds. The quantitative estimate of drug-likeness (QED) is 0.517. The monoisotopic (exact) mass is 527 g/mol. The Hall–Kier alpha value is -3.77. The Morgan fingerprint density at radius 2 is 1.89 bits per heavy atom. The number of fused-ring (bicyclic) bond motifs is 6. The molecule has 0 bridgehead atoms. The van der Waals surface area contributed by atoms with Crippen molar-refractivity contribution in [2.75, 3.05) is 31.6 Å². The number of rotatable bonds is 1. The number of nitrogens with zero attached hydrogens (tertiary/aromatic N) is 3. The van der Waals surface area contributed by atoms with Gasteiger partial charge < -0.3 is 24.2 Å². The van der Waals surface area contributed by atoms with Crippen LogP contribution >= 0.6 is 11.8 Å². The molecule has 0 radical (unpaired) electrons. The van der Waals surface area contributed by atoms with Gasteiger partial charge in [0.15, 0.2) is 34.6 Å². The van der Waals surface area contributed by atoms with Crippen molar-refractivity contribution in [1.82, 2.24) is 9.58 Å². The maximum absolute atomic E-state index is 15.3. The van der Waals surface area contributed by atoms with Crippen molar-refractivity contribution in [3.63, 3.8) is 0 Å². The summed E-state index contributed by atoms with van der Waals surface area (Å²) in [6.45, 7) is 0.663. The van der Waals surface area contributed by atoms with E-state index >= 15 is 4.39 Å². The lowest BCUT2D eigenvalue weighted by Crippen LogP contribution is -2.66. The minimum Gasteiger partial charge on any atom is -0.502 e. The zero-order chi connectivity index (χ0) is 25.4. The first kappa shape index (κ1) is 22.4.